The highest BCUT2D eigenvalue weighted by atomic mass is 32.2. The lowest BCUT2D eigenvalue weighted by molar-refractivity contribution is 0.102. The van der Waals surface area contributed by atoms with E-state index in [0.29, 0.717) is 33.2 Å². The van der Waals surface area contributed by atoms with Gasteiger partial charge in [0.25, 0.3) is 0 Å². The Morgan fingerprint density at radius 2 is 1.81 bits per heavy atom. The van der Waals surface area contributed by atoms with E-state index in [2.05, 4.69) is 11.1 Å². The van der Waals surface area contributed by atoms with Crippen LogP contribution in [0.2, 0.25) is 0 Å². The fraction of sp³-hybridized carbons (Fsp3) is 0.150. The SMILES string of the molecule is COc1cc2cc(C#N)c(SCC(=O)c3ccc(F)cc3)nc2cc1OC. The fourth-order valence-electron chi connectivity index (χ4n) is 2.53. The van der Waals surface area contributed by atoms with Crippen LogP contribution in [0.25, 0.3) is 10.9 Å². The van der Waals surface area contributed by atoms with Gasteiger partial charge >= 0.3 is 0 Å². The van der Waals surface area contributed by atoms with Crippen LogP contribution in [-0.4, -0.2) is 30.7 Å². The summed E-state index contributed by atoms with van der Waals surface area (Å²) < 4.78 is 23.5. The number of nitrogens with zero attached hydrogens (tertiary/aromatic N) is 2. The molecule has 3 aromatic rings. The summed E-state index contributed by atoms with van der Waals surface area (Å²) in [5, 5.41) is 10.6. The number of carbonyl (C=O) groups is 1. The second-order valence-electron chi connectivity index (χ2n) is 5.57. The van der Waals surface area contributed by atoms with Gasteiger partial charge in [-0.3, -0.25) is 4.79 Å². The van der Waals surface area contributed by atoms with Crippen molar-refractivity contribution in [1.29, 1.82) is 5.26 Å². The summed E-state index contributed by atoms with van der Waals surface area (Å²) in [5.74, 6) is 0.597. The molecule has 1 aromatic heterocycles. The van der Waals surface area contributed by atoms with Crippen LogP contribution in [0.5, 0.6) is 11.5 Å². The van der Waals surface area contributed by atoms with Gasteiger partial charge in [-0.1, -0.05) is 11.8 Å². The molecular formula is C20H15FN2O3S. The number of hydrogen-bond acceptors (Lipinski definition) is 6. The monoisotopic (exact) mass is 382 g/mol. The lowest BCUT2D eigenvalue weighted by Crippen LogP contribution is -2.03. The van der Waals surface area contributed by atoms with Crippen LogP contribution in [0.3, 0.4) is 0 Å². The first-order chi connectivity index (χ1) is 13.0. The molecule has 7 heteroatoms. The number of Topliss-reactive ketones (excluding diaryl/α,β-unsaturated/α-hetero) is 1. The van der Waals surface area contributed by atoms with Gasteiger partial charge in [-0.25, -0.2) is 9.37 Å². The molecule has 0 aliphatic heterocycles. The molecule has 27 heavy (non-hydrogen) atoms. The molecular weight excluding hydrogens is 367 g/mol. The number of rotatable bonds is 6. The molecule has 0 spiro atoms. The summed E-state index contributed by atoms with van der Waals surface area (Å²) in [6.07, 6.45) is 0. The van der Waals surface area contributed by atoms with Gasteiger partial charge in [0.2, 0.25) is 0 Å². The van der Waals surface area contributed by atoms with Crippen molar-refractivity contribution in [3.63, 3.8) is 0 Å². The summed E-state index contributed by atoms with van der Waals surface area (Å²) in [6, 6.07) is 12.6. The third kappa shape index (κ3) is 4.01. The van der Waals surface area contributed by atoms with Crippen molar-refractivity contribution >= 4 is 28.4 Å². The number of aromatic nitrogens is 1. The van der Waals surface area contributed by atoms with Crippen LogP contribution in [0.15, 0.2) is 47.5 Å². The number of pyridine rings is 1. The first-order valence-corrected chi connectivity index (χ1v) is 8.92. The predicted octanol–water partition coefficient (Wildman–Crippen LogP) is 4.24. The van der Waals surface area contributed by atoms with Crippen molar-refractivity contribution in [3.8, 4) is 17.6 Å². The van der Waals surface area contributed by atoms with E-state index in [9.17, 15) is 14.4 Å². The number of carbonyl (C=O) groups excluding carboxylic acids is 1. The number of ketones is 1. The quantitative estimate of drug-likeness (QED) is 0.469. The first kappa shape index (κ1) is 18.7. The largest absolute Gasteiger partial charge is 0.493 e. The maximum absolute atomic E-state index is 13.0. The van der Waals surface area contributed by atoms with E-state index in [0.717, 1.165) is 5.39 Å². The number of fused-ring (bicyclic) bond motifs is 1. The van der Waals surface area contributed by atoms with E-state index in [-0.39, 0.29) is 11.5 Å². The van der Waals surface area contributed by atoms with Gasteiger partial charge in [-0.2, -0.15) is 5.26 Å². The van der Waals surface area contributed by atoms with Crippen molar-refractivity contribution in [2.75, 3.05) is 20.0 Å². The van der Waals surface area contributed by atoms with Crippen molar-refractivity contribution in [1.82, 2.24) is 4.98 Å². The van der Waals surface area contributed by atoms with E-state index in [1.807, 2.05) is 0 Å². The minimum Gasteiger partial charge on any atom is -0.493 e. The van der Waals surface area contributed by atoms with E-state index in [1.165, 1.54) is 50.2 Å². The third-order valence-corrected chi connectivity index (χ3v) is 4.90. The van der Waals surface area contributed by atoms with Crippen molar-refractivity contribution in [2.45, 2.75) is 5.03 Å². The van der Waals surface area contributed by atoms with Crippen molar-refractivity contribution in [2.24, 2.45) is 0 Å². The highest BCUT2D eigenvalue weighted by molar-refractivity contribution is 8.00. The Balaban J connectivity index is 1.90. The zero-order valence-corrected chi connectivity index (χ0v) is 15.5. The summed E-state index contributed by atoms with van der Waals surface area (Å²) >= 11 is 1.17. The molecule has 0 saturated heterocycles. The Kier molecular flexibility index (Phi) is 5.57. The van der Waals surface area contributed by atoms with Gasteiger partial charge in [0, 0.05) is 17.0 Å². The van der Waals surface area contributed by atoms with Gasteiger partial charge in [-0.15, -0.1) is 0 Å². The van der Waals surface area contributed by atoms with Crippen LogP contribution in [0.4, 0.5) is 4.39 Å². The summed E-state index contributed by atoms with van der Waals surface area (Å²) in [6.45, 7) is 0. The van der Waals surface area contributed by atoms with E-state index < -0.39 is 5.82 Å². The zero-order valence-electron chi connectivity index (χ0n) is 14.7. The molecule has 2 aromatic carbocycles. The van der Waals surface area contributed by atoms with Gasteiger partial charge in [0.05, 0.1) is 31.1 Å². The molecule has 0 fully saturated rings. The summed E-state index contributed by atoms with van der Waals surface area (Å²) in [4.78, 5) is 16.8. The number of thioether (sulfide) groups is 1. The molecule has 0 bridgehead atoms. The average molecular weight is 382 g/mol. The minimum atomic E-state index is -0.397. The molecule has 5 nitrogen and oxygen atoms in total. The first-order valence-electron chi connectivity index (χ1n) is 7.94. The minimum absolute atomic E-state index is 0.0894. The molecule has 0 saturated carbocycles. The molecule has 1 heterocycles. The smallest absolute Gasteiger partial charge is 0.173 e. The van der Waals surface area contributed by atoms with Gasteiger partial charge in [0.15, 0.2) is 17.3 Å². The van der Waals surface area contributed by atoms with E-state index >= 15 is 0 Å². The Morgan fingerprint density at radius 1 is 1.15 bits per heavy atom. The number of hydrogen-bond donors (Lipinski definition) is 0. The van der Waals surface area contributed by atoms with E-state index in [1.54, 1.807) is 18.2 Å². The van der Waals surface area contributed by atoms with Crippen LogP contribution >= 0.6 is 11.8 Å². The molecule has 0 atom stereocenters. The van der Waals surface area contributed by atoms with Crippen LogP contribution in [0.1, 0.15) is 15.9 Å². The molecule has 136 valence electrons. The predicted molar refractivity (Wildman–Crippen MR) is 101 cm³/mol. The van der Waals surface area contributed by atoms with Gasteiger partial charge < -0.3 is 9.47 Å². The maximum atomic E-state index is 13.0. The Bertz CT molecular complexity index is 1050. The molecule has 0 N–H and O–H groups in total. The maximum Gasteiger partial charge on any atom is 0.173 e. The Hall–Kier alpha value is -3.11. The number of nitriles is 1. The normalized spacial score (nSPS) is 10.4. The standard InChI is InChI=1S/C20H15FN2O3S/c1-25-18-8-13-7-14(10-22)20(23-16(13)9-19(18)26-2)27-11-17(24)12-3-5-15(21)6-4-12/h3-9H,11H2,1-2H3. The van der Waals surface area contributed by atoms with Gasteiger partial charge in [0.1, 0.15) is 16.9 Å². The lowest BCUT2D eigenvalue weighted by Gasteiger charge is -2.10. The average Bonchev–Trinajstić information content (AvgIpc) is 2.70. The number of ether oxygens (including phenoxy) is 2. The second kappa shape index (κ2) is 8.06. The number of halogens is 1. The van der Waals surface area contributed by atoms with Crippen LogP contribution in [0, 0.1) is 17.1 Å². The Morgan fingerprint density at radius 3 is 2.44 bits per heavy atom. The lowest BCUT2D eigenvalue weighted by atomic mass is 10.1. The molecule has 0 aliphatic carbocycles. The molecule has 0 aliphatic rings. The highest BCUT2D eigenvalue weighted by Crippen LogP contribution is 2.33. The fourth-order valence-corrected chi connectivity index (χ4v) is 3.38. The second-order valence-corrected chi connectivity index (χ2v) is 6.54. The van der Waals surface area contributed by atoms with Crippen molar-refractivity contribution in [3.05, 3.63) is 59.4 Å². The third-order valence-electron chi connectivity index (χ3n) is 3.91. The molecule has 0 unspecified atom stereocenters. The van der Waals surface area contributed by atoms with Gasteiger partial charge in [-0.05, 0) is 36.4 Å². The molecule has 3 rings (SSSR count). The van der Waals surface area contributed by atoms with E-state index in [4.69, 9.17) is 9.47 Å². The highest BCUT2D eigenvalue weighted by Gasteiger charge is 2.14. The number of benzene rings is 2. The summed E-state index contributed by atoms with van der Waals surface area (Å²) in [5.41, 5.74) is 1.41. The molecule has 0 amide bonds. The molecule has 0 radical (unpaired) electrons. The zero-order chi connectivity index (χ0) is 19.4. The topological polar surface area (TPSA) is 72.2 Å². The van der Waals surface area contributed by atoms with Crippen LogP contribution < -0.4 is 9.47 Å². The number of methoxy groups -OCH3 is 2. The summed E-state index contributed by atoms with van der Waals surface area (Å²) in [7, 11) is 3.07. The Labute approximate surface area is 159 Å². The van der Waals surface area contributed by atoms with Crippen molar-refractivity contribution < 1.29 is 18.7 Å². The van der Waals surface area contributed by atoms with Crippen LogP contribution in [-0.2, 0) is 0 Å².